The molecule has 0 bridgehead atoms. The van der Waals surface area contributed by atoms with Gasteiger partial charge in [0.25, 0.3) is 0 Å². The van der Waals surface area contributed by atoms with Gasteiger partial charge in [0, 0.05) is 36.1 Å². The van der Waals surface area contributed by atoms with Crippen LogP contribution >= 0.6 is 15.9 Å². The first-order chi connectivity index (χ1) is 9.74. The van der Waals surface area contributed by atoms with Crippen LogP contribution in [0.3, 0.4) is 0 Å². The predicted octanol–water partition coefficient (Wildman–Crippen LogP) is 3.38. The van der Waals surface area contributed by atoms with Gasteiger partial charge in [0.05, 0.1) is 0 Å². The molecule has 104 valence electrons. The van der Waals surface area contributed by atoms with Crippen molar-refractivity contribution < 1.29 is 0 Å². The second-order valence-electron chi connectivity index (χ2n) is 5.47. The predicted molar refractivity (Wildman–Crippen MR) is 86.6 cm³/mol. The van der Waals surface area contributed by atoms with E-state index in [9.17, 15) is 0 Å². The average Bonchev–Trinajstić information content (AvgIpc) is 2.81. The van der Waals surface area contributed by atoms with Crippen LogP contribution < -0.4 is 5.73 Å². The third kappa shape index (κ3) is 2.95. The van der Waals surface area contributed by atoms with Gasteiger partial charge in [0.15, 0.2) is 0 Å². The summed E-state index contributed by atoms with van der Waals surface area (Å²) in [5.74, 6) is 0.411. The standard InChI is InChI=1S/C17H19BrN2/c18-16-9-5-4-8-14(16)15-11-20(12-17(15)19)10-13-6-2-1-3-7-13/h1-9,15,17H,10-12,19H2. The normalized spacial score (nSPS) is 23.1. The average molecular weight is 331 g/mol. The van der Waals surface area contributed by atoms with E-state index in [2.05, 4.69) is 75.4 Å². The van der Waals surface area contributed by atoms with Gasteiger partial charge in [0.1, 0.15) is 0 Å². The Labute approximate surface area is 128 Å². The van der Waals surface area contributed by atoms with E-state index in [1.807, 2.05) is 0 Å². The second kappa shape index (κ2) is 6.08. The number of rotatable bonds is 3. The fourth-order valence-electron chi connectivity index (χ4n) is 2.99. The lowest BCUT2D eigenvalue weighted by Crippen LogP contribution is -2.28. The van der Waals surface area contributed by atoms with Crippen molar-refractivity contribution in [3.05, 3.63) is 70.2 Å². The Morgan fingerprint density at radius 2 is 1.70 bits per heavy atom. The summed E-state index contributed by atoms with van der Waals surface area (Å²) in [5.41, 5.74) is 9.04. The summed E-state index contributed by atoms with van der Waals surface area (Å²) >= 11 is 3.65. The maximum absolute atomic E-state index is 6.36. The molecule has 3 heteroatoms. The number of hydrogen-bond acceptors (Lipinski definition) is 2. The Bertz CT molecular complexity index is 570. The fourth-order valence-corrected chi connectivity index (χ4v) is 3.57. The summed E-state index contributed by atoms with van der Waals surface area (Å²) in [5, 5.41) is 0. The van der Waals surface area contributed by atoms with Crippen LogP contribution in [0.25, 0.3) is 0 Å². The van der Waals surface area contributed by atoms with Gasteiger partial charge in [-0.25, -0.2) is 0 Å². The van der Waals surface area contributed by atoms with Crippen molar-refractivity contribution >= 4 is 15.9 Å². The van der Waals surface area contributed by atoms with Crippen molar-refractivity contribution in [1.29, 1.82) is 0 Å². The highest BCUT2D eigenvalue weighted by molar-refractivity contribution is 9.10. The molecule has 1 aliphatic rings. The molecule has 1 aliphatic heterocycles. The van der Waals surface area contributed by atoms with Crippen molar-refractivity contribution in [2.45, 2.75) is 18.5 Å². The first-order valence-electron chi connectivity index (χ1n) is 7.00. The zero-order valence-electron chi connectivity index (χ0n) is 11.4. The molecule has 3 rings (SSSR count). The maximum atomic E-state index is 6.36. The van der Waals surface area contributed by atoms with Crippen molar-refractivity contribution in [3.63, 3.8) is 0 Å². The molecule has 2 unspecified atom stereocenters. The van der Waals surface area contributed by atoms with Gasteiger partial charge in [-0.2, -0.15) is 0 Å². The Hall–Kier alpha value is -1.16. The third-order valence-corrected chi connectivity index (χ3v) is 4.72. The molecule has 2 nitrogen and oxygen atoms in total. The maximum Gasteiger partial charge on any atom is 0.0250 e. The Morgan fingerprint density at radius 3 is 2.45 bits per heavy atom. The van der Waals surface area contributed by atoms with E-state index in [0.29, 0.717) is 5.92 Å². The molecule has 0 aromatic heterocycles. The molecule has 0 saturated carbocycles. The summed E-state index contributed by atoms with van der Waals surface area (Å²) in [6.45, 7) is 2.97. The number of likely N-dealkylation sites (tertiary alicyclic amines) is 1. The second-order valence-corrected chi connectivity index (χ2v) is 6.33. The number of halogens is 1. The van der Waals surface area contributed by atoms with Crippen LogP contribution in [0.15, 0.2) is 59.1 Å². The zero-order chi connectivity index (χ0) is 13.9. The van der Waals surface area contributed by atoms with Crippen LogP contribution in [0.2, 0.25) is 0 Å². The lowest BCUT2D eigenvalue weighted by molar-refractivity contribution is 0.324. The first kappa shape index (κ1) is 13.8. The minimum Gasteiger partial charge on any atom is -0.326 e. The van der Waals surface area contributed by atoms with Crippen LogP contribution in [-0.4, -0.2) is 24.0 Å². The lowest BCUT2D eigenvalue weighted by Gasteiger charge is -2.17. The van der Waals surface area contributed by atoms with E-state index in [-0.39, 0.29) is 6.04 Å². The van der Waals surface area contributed by atoms with E-state index in [1.54, 1.807) is 0 Å². The lowest BCUT2D eigenvalue weighted by atomic mass is 9.95. The summed E-state index contributed by atoms with van der Waals surface area (Å²) in [6, 6.07) is 19.2. The minimum absolute atomic E-state index is 0.206. The molecule has 2 atom stereocenters. The summed E-state index contributed by atoms with van der Waals surface area (Å²) in [4.78, 5) is 2.45. The number of nitrogens with zero attached hydrogens (tertiary/aromatic N) is 1. The van der Waals surface area contributed by atoms with Crippen molar-refractivity contribution in [2.24, 2.45) is 5.73 Å². The molecule has 0 spiro atoms. The number of benzene rings is 2. The molecule has 20 heavy (non-hydrogen) atoms. The molecule has 1 heterocycles. The highest BCUT2D eigenvalue weighted by Crippen LogP contribution is 2.32. The van der Waals surface area contributed by atoms with Gasteiger partial charge in [-0.3, -0.25) is 4.90 Å². The van der Waals surface area contributed by atoms with Crippen molar-refractivity contribution in [2.75, 3.05) is 13.1 Å². The Morgan fingerprint density at radius 1 is 1.00 bits per heavy atom. The van der Waals surface area contributed by atoms with Gasteiger partial charge >= 0.3 is 0 Å². The number of nitrogens with two attached hydrogens (primary N) is 1. The number of hydrogen-bond donors (Lipinski definition) is 1. The molecule has 0 radical (unpaired) electrons. The molecule has 1 saturated heterocycles. The highest BCUT2D eigenvalue weighted by atomic mass is 79.9. The Balaban J connectivity index is 1.73. The van der Waals surface area contributed by atoms with Gasteiger partial charge in [-0.1, -0.05) is 64.5 Å². The molecule has 0 aliphatic carbocycles. The molecule has 2 aromatic carbocycles. The van der Waals surface area contributed by atoms with E-state index in [0.717, 1.165) is 19.6 Å². The molecular formula is C17H19BrN2. The first-order valence-corrected chi connectivity index (χ1v) is 7.79. The molecule has 1 fully saturated rings. The van der Waals surface area contributed by atoms with Crippen molar-refractivity contribution in [1.82, 2.24) is 4.90 Å². The minimum atomic E-state index is 0.206. The summed E-state index contributed by atoms with van der Waals surface area (Å²) in [7, 11) is 0. The van der Waals surface area contributed by atoms with Crippen LogP contribution in [0, 0.1) is 0 Å². The summed E-state index contributed by atoms with van der Waals surface area (Å²) in [6.07, 6.45) is 0. The molecular weight excluding hydrogens is 312 g/mol. The highest BCUT2D eigenvalue weighted by Gasteiger charge is 2.32. The monoisotopic (exact) mass is 330 g/mol. The van der Waals surface area contributed by atoms with Gasteiger partial charge in [-0.05, 0) is 17.2 Å². The largest absolute Gasteiger partial charge is 0.326 e. The Kier molecular flexibility index (Phi) is 4.20. The molecule has 2 N–H and O–H groups in total. The summed E-state index contributed by atoms with van der Waals surface area (Å²) < 4.78 is 1.17. The van der Waals surface area contributed by atoms with Crippen LogP contribution in [0.1, 0.15) is 17.0 Å². The smallest absolute Gasteiger partial charge is 0.0250 e. The fraction of sp³-hybridized carbons (Fsp3) is 0.294. The van der Waals surface area contributed by atoms with Gasteiger partial charge in [0.2, 0.25) is 0 Å². The quantitative estimate of drug-likeness (QED) is 0.934. The van der Waals surface area contributed by atoms with Gasteiger partial charge < -0.3 is 5.73 Å². The van der Waals surface area contributed by atoms with E-state index >= 15 is 0 Å². The topological polar surface area (TPSA) is 29.3 Å². The third-order valence-electron chi connectivity index (χ3n) is 3.99. The molecule has 0 amide bonds. The van der Waals surface area contributed by atoms with Gasteiger partial charge in [-0.15, -0.1) is 0 Å². The van der Waals surface area contributed by atoms with Crippen LogP contribution in [0.4, 0.5) is 0 Å². The SMILES string of the molecule is NC1CN(Cc2ccccc2)CC1c1ccccc1Br. The van der Waals surface area contributed by atoms with Crippen molar-refractivity contribution in [3.8, 4) is 0 Å². The zero-order valence-corrected chi connectivity index (χ0v) is 13.0. The van der Waals surface area contributed by atoms with Crippen LogP contribution in [-0.2, 0) is 6.54 Å². The van der Waals surface area contributed by atoms with E-state index in [1.165, 1.54) is 15.6 Å². The van der Waals surface area contributed by atoms with E-state index in [4.69, 9.17) is 5.73 Å². The van der Waals surface area contributed by atoms with E-state index < -0.39 is 0 Å². The van der Waals surface area contributed by atoms with Crippen LogP contribution in [0.5, 0.6) is 0 Å². The molecule has 2 aromatic rings.